The summed E-state index contributed by atoms with van der Waals surface area (Å²) in [7, 11) is -1.83. The largest absolute Gasteiger partial charge is 0.490 e. The Balaban J connectivity index is 0.00000280. The van der Waals surface area contributed by atoms with Crippen LogP contribution in [0.3, 0.4) is 0 Å². The minimum atomic E-state index is -3.72. The summed E-state index contributed by atoms with van der Waals surface area (Å²) in [4.78, 5) is 14.2. The summed E-state index contributed by atoms with van der Waals surface area (Å²) in [5.41, 5.74) is 0. The Morgan fingerprint density at radius 1 is 1.21 bits per heavy atom. The van der Waals surface area contributed by atoms with Gasteiger partial charge in [-0.2, -0.15) is 0 Å². The van der Waals surface area contributed by atoms with Crippen molar-refractivity contribution in [1.82, 2.24) is 14.9 Å². The van der Waals surface area contributed by atoms with E-state index in [4.69, 9.17) is 9.47 Å². The molecule has 2 aliphatic rings. The van der Waals surface area contributed by atoms with Crippen LogP contribution < -0.4 is 19.5 Å². The molecule has 1 amide bonds. The van der Waals surface area contributed by atoms with Crippen LogP contribution in [0.15, 0.2) is 23.1 Å². The molecule has 0 aliphatic carbocycles. The fraction of sp³-hybridized carbons (Fsp3) is 0.611. The number of likely N-dealkylation sites (N-methyl/N-ethyl adjacent to an activating group) is 1. The molecule has 10 heteroatoms. The van der Waals surface area contributed by atoms with Gasteiger partial charge in [0, 0.05) is 44.6 Å². The van der Waals surface area contributed by atoms with Crippen molar-refractivity contribution in [3.05, 3.63) is 18.2 Å². The number of fused-ring (bicyclic) bond motifs is 1. The van der Waals surface area contributed by atoms with Crippen LogP contribution >= 0.6 is 12.4 Å². The maximum absolute atomic E-state index is 12.5. The van der Waals surface area contributed by atoms with Gasteiger partial charge in [-0.1, -0.05) is 0 Å². The van der Waals surface area contributed by atoms with Crippen LogP contribution in [-0.2, 0) is 14.8 Å². The standard InChI is InChI=1S/C18H27N3O5S.ClH/c1-19-14-4-2-9-21(13-14)18(22)7-8-20-27(23,24)15-5-6-16-17(12-15)26-11-3-10-25-16;/h5-6,12,14,19-20H,2-4,7-11,13H2,1H3;1H. The lowest BCUT2D eigenvalue weighted by atomic mass is 10.1. The van der Waals surface area contributed by atoms with Gasteiger partial charge >= 0.3 is 0 Å². The summed E-state index contributed by atoms with van der Waals surface area (Å²) >= 11 is 0. The van der Waals surface area contributed by atoms with E-state index in [0.717, 1.165) is 25.8 Å². The maximum Gasteiger partial charge on any atom is 0.240 e. The Labute approximate surface area is 172 Å². The van der Waals surface area contributed by atoms with E-state index >= 15 is 0 Å². The number of nitrogens with one attached hydrogen (secondary N) is 2. The normalized spacial score (nSPS) is 19.5. The Bertz CT molecular complexity index is 774. The van der Waals surface area contributed by atoms with Gasteiger partial charge < -0.3 is 19.7 Å². The quantitative estimate of drug-likeness (QED) is 0.698. The van der Waals surface area contributed by atoms with Crippen molar-refractivity contribution < 1.29 is 22.7 Å². The number of carbonyl (C=O) groups excluding carboxylic acids is 1. The molecule has 2 aliphatic heterocycles. The van der Waals surface area contributed by atoms with Crippen LogP contribution in [0.25, 0.3) is 0 Å². The number of ether oxygens (including phenoxy) is 2. The molecule has 0 bridgehead atoms. The van der Waals surface area contributed by atoms with Crippen molar-refractivity contribution in [3.63, 3.8) is 0 Å². The molecule has 0 saturated carbocycles. The van der Waals surface area contributed by atoms with Crippen molar-refractivity contribution in [3.8, 4) is 11.5 Å². The summed E-state index contributed by atoms with van der Waals surface area (Å²) in [5, 5.41) is 3.19. The SMILES string of the molecule is CNC1CCCN(C(=O)CCNS(=O)(=O)c2ccc3c(c2)OCCCO3)C1.Cl. The lowest BCUT2D eigenvalue weighted by Crippen LogP contribution is -2.47. The Hall–Kier alpha value is -1.55. The van der Waals surface area contributed by atoms with E-state index in [-0.39, 0.29) is 36.2 Å². The van der Waals surface area contributed by atoms with Crippen molar-refractivity contribution in [1.29, 1.82) is 0 Å². The molecule has 1 unspecified atom stereocenters. The molecule has 8 nitrogen and oxygen atoms in total. The second-order valence-electron chi connectivity index (χ2n) is 6.77. The predicted octanol–water partition coefficient (Wildman–Crippen LogP) is 1.15. The molecule has 1 aromatic rings. The molecule has 2 heterocycles. The smallest absolute Gasteiger partial charge is 0.240 e. The van der Waals surface area contributed by atoms with E-state index in [1.54, 1.807) is 11.0 Å². The molecular formula is C18H28ClN3O5S. The summed E-state index contributed by atoms with van der Waals surface area (Å²) < 4.78 is 38.6. The number of likely N-dealkylation sites (tertiary alicyclic amines) is 1. The average molecular weight is 434 g/mol. The number of benzene rings is 1. The van der Waals surface area contributed by atoms with E-state index in [9.17, 15) is 13.2 Å². The van der Waals surface area contributed by atoms with Crippen LogP contribution in [0.2, 0.25) is 0 Å². The van der Waals surface area contributed by atoms with Gasteiger partial charge in [0.1, 0.15) is 0 Å². The van der Waals surface area contributed by atoms with Gasteiger partial charge in [0.05, 0.1) is 18.1 Å². The molecule has 0 radical (unpaired) electrons. The summed E-state index contributed by atoms with van der Waals surface area (Å²) in [5.74, 6) is 0.944. The number of hydrogen-bond acceptors (Lipinski definition) is 6. The summed E-state index contributed by atoms with van der Waals surface area (Å²) in [6.07, 6.45) is 2.90. The highest BCUT2D eigenvalue weighted by atomic mass is 35.5. The van der Waals surface area contributed by atoms with Gasteiger partial charge in [-0.05, 0) is 32.0 Å². The summed E-state index contributed by atoms with van der Waals surface area (Å²) in [6.45, 7) is 2.50. The molecule has 0 spiro atoms. The molecule has 1 atom stereocenters. The zero-order valence-corrected chi connectivity index (χ0v) is 17.6. The van der Waals surface area contributed by atoms with Crippen LogP contribution in [0.4, 0.5) is 0 Å². The maximum atomic E-state index is 12.5. The molecule has 1 saturated heterocycles. The first-order chi connectivity index (χ1) is 13.0. The minimum absolute atomic E-state index is 0. The molecule has 28 heavy (non-hydrogen) atoms. The number of piperidine rings is 1. The van der Waals surface area contributed by atoms with Gasteiger partial charge in [-0.15, -0.1) is 12.4 Å². The van der Waals surface area contributed by atoms with Crippen molar-refractivity contribution in [2.45, 2.75) is 36.6 Å². The van der Waals surface area contributed by atoms with Crippen LogP contribution in [-0.4, -0.2) is 65.2 Å². The minimum Gasteiger partial charge on any atom is -0.490 e. The number of carbonyl (C=O) groups is 1. The van der Waals surface area contributed by atoms with E-state index in [1.165, 1.54) is 12.1 Å². The number of nitrogens with zero attached hydrogens (tertiary/aromatic N) is 1. The third kappa shape index (κ3) is 5.73. The van der Waals surface area contributed by atoms with Crippen LogP contribution in [0.5, 0.6) is 11.5 Å². The Morgan fingerprint density at radius 3 is 2.71 bits per heavy atom. The lowest BCUT2D eigenvalue weighted by molar-refractivity contribution is -0.132. The number of halogens is 1. The van der Waals surface area contributed by atoms with Gasteiger partial charge in [-0.25, -0.2) is 13.1 Å². The second kappa shape index (κ2) is 10.3. The molecular weight excluding hydrogens is 406 g/mol. The molecule has 2 N–H and O–H groups in total. The highest BCUT2D eigenvalue weighted by Crippen LogP contribution is 2.31. The fourth-order valence-electron chi connectivity index (χ4n) is 3.28. The van der Waals surface area contributed by atoms with E-state index < -0.39 is 10.0 Å². The first-order valence-corrected chi connectivity index (χ1v) is 10.8. The van der Waals surface area contributed by atoms with Crippen LogP contribution in [0.1, 0.15) is 25.7 Å². The zero-order valence-electron chi connectivity index (χ0n) is 16.0. The van der Waals surface area contributed by atoms with Crippen molar-refractivity contribution in [2.75, 3.05) is 39.9 Å². The monoisotopic (exact) mass is 433 g/mol. The van der Waals surface area contributed by atoms with Gasteiger partial charge in [0.15, 0.2) is 11.5 Å². The van der Waals surface area contributed by atoms with E-state index in [0.29, 0.717) is 37.3 Å². The highest BCUT2D eigenvalue weighted by molar-refractivity contribution is 7.89. The third-order valence-electron chi connectivity index (χ3n) is 4.84. The Kier molecular flexibility index (Phi) is 8.36. The molecule has 3 rings (SSSR count). The number of amides is 1. The van der Waals surface area contributed by atoms with Gasteiger partial charge in [0.25, 0.3) is 0 Å². The number of hydrogen-bond donors (Lipinski definition) is 2. The average Bonchev–Trinajstić information content (AvgIpc) is 2.92. The number of rotatable bonds is 6. The molecule has 1 fully saturated rings. The first kappa shape index (κ1) is 22.7. The van der Waals surface area contributed by atoms with E-state index in [2.05, 4.69) is 10.0 Å². The van der Waals surface area contributed by atoms with E-state index in [1.807, 2.05) is 7.05 Å². The molecule has 1 aromatic carbocycles. The van der Waals surface area contributed by atoms with Crippen molar-refractivity contribution in [2.24, 2.45) is 0 Å². The topological polar surface area (TPSA) is 97.0 Å². The van der Waals surface area contributed by atoms with Crippen molar-refractivity contribution >= 4 is 28.3 Å². The first-order valence-electron chi connectivity index (χ1n) is 9.34. The van der Waals surface area contributed by atoms with Gasteiger partial charge in [0.2, 0.25) is 15.9 Å². The highest BCUT2D eigenvalue weighted by Gasteiger charge is 2.23. The molecule has 0 aromatic heterocycles. The number of sulfonamides is 1. The second-order valence-corrected chi connectivity index (χ2v) is 8.54. The zero-order chi connectivity index (χ0) is 19.3. The fourth-order valence-corrected chi connectivity index (χ4v) is 4.33. The third-order valence-corrected chi connectivity index (χ3v) is 6.30. The van der Waals surface area contributed by atoms with Gasteiger partial charge in [-0.3, -0.25) is 4.79 Å². The van der Waals surface area contributed by atoms with Crippen LogP contribution in [0, 0.1) is 0 Å². The Morgan fingerprint density at radius 2 is 1.96 bits per heavy atom. The summed E-state index contributed by atoms with van der Waals surface area (Å²) in [6, 6.07) is 4.86. The predicted molar refractivity (Wildman–Crippen MR) is 108 cm³/mol. The lowest BCUT2D eigenvalue weighted by Gasteiger charge is -2.32. The molecule has 158 valence electrons.